The van der Waals surface area contributed by atoms with Gasteiger partial charge < -0.3 is 25.5 Å². The molecule has 1 aromatic carbocycles. The summed E-state index contributed by atoms with van der Waals surface area (Å²) >= 11 is 0. The monoisotopic (exact) mass is 391 g/mol. The fraction of sp³-hybridized carbons (Fsp3) is 0.286. The summed E-state index contributed by atoms with van der Waals surface area (Å²) in [7, 11) is 5.60. The zero-order chi connectivity index (χ0) is 20.5. The lowest BCUT2D eigenvalue weighted by atomic mass is 10.1. The number of nitrogens with one attached hydrogen (secondary N) is 4. The highest BCUT2D eigenvalue weighted by atomic mass is 16.2. The Bertz CT molecular complexity index is 1190. The van der Waals surface area contributed by atoms with Gasteiger partial charge in [0.2, 0.25) is 5.91 Å². The van der Waals surface area contributed by atoms with Gasteiger partial charge in [0.25, 0.3) is 0 Å². The summed E-state index contributed by atoms with van der Waals surface area (Å²) in [5.41, 5.74) is 5.74. The van der Waals surface area contributed by atoms with Gasteiger partial charge in [0.05, 0.1) is 17.9 Å². The second kappa shape index (κ2) is 7.56. The number of H-pyrrole nitrogens is 1. The minimum absolute atomic E-state index is 0.0223. The molecule has 4 rings (SSSR count). The standard InChI is InChI=1S/C21H25N7O/c1-12(22-2)21(29)24-10-13-6-5-7-14(8-13)16-9-15-18-17(25-11-28(18)4)20(23-3)27-19(15)26-16/h5-9,11-12,22H,10H2,1-4H3,(H,24,29)(H2,23,26,27)/t12-/m0/s1. The lowest BCUT2D eigenvalue weighted by molar-refractivity contribution is -0.122. The van der Waals surface area contributed by atoms with E-state index in [2.05, 4.69) is 43.0 Å². The molecule has 1 atom stereocenters. The Kier molecular flexibility index (Phi) is 4.94. The maximum Gasteiger partial charge on any atom is 0.237 e. The van der Waals surface area contributed by atoms with Gasteiger partial charge in [-0.2, -0.15) is 0 Å². The lowest BCUT2D eigenvalue weighted by Crippen LogP contribution is -2.39. The number of hydrogen-bond acceptors (Lipinski definition) is 5. The van der Waals surface area contributed by atoms with E-state index in [0.29, 0.717) is 6.54 Å². The summed E-state index contributed by atoms with van der Waals surface area (Å²) in [5.74, 6) is 0.725. The normalized spacial score (nSPS) is 12.4. The highest BCUT2D eigenvalue weighted by molar-refractivity contribution is 6.07. The molecule has 8 heteroatoms. The van der Waals surface area contributed by atoms with Crippen molar-refractivity contribution in [2.75, 3.05) is 19.4 Å². The van der Waals surface area contributed by atoms with Crippen molar-refractivity contribution in [3.8, 4) is 11.3 Å². The van der Waals surface area contributed by atoms with Gasteiger partial charge in [0.1, 0.15) is 11.2 Å². The Balaban J connectivity index is 1.69. The number of nitrogens with zero attached hydrogens (tertiary/aromatic N) is 3. The van der Waals surface area contributed by atoms with Crippen molar-refractivity contribution >= 4 is 33.8 Å². The first-order valence-corrected chi connectivity index (χ1v) is 9.57. The van der Waals surface area contributed by atoms with Crippen LogP contribution in [-0.4, -0.2) is 45.6 Å². The molecule has 0 fully saturated rings. The summed E-state index contributed by atoms with van der Waals surface area (Å²) < 4.78 is 2.01. The minimum atomic E-state index is -0.222. The average molecular weight is 391 g/mol. The number of amides is 1. The number of aryl methyl sites for hydroxylation is 1. The number of benzene rings is 1. The van der Waals surface area contributed by atoms with Gasteiger partial charge in [0, 0.05) is 31.7 Å². The molecule has 0 aliphatic heterocycles. The molecule has 0 spiro atoms. The molecule has 0 saturated heterocycles. The predicted molar refractivity (Wildman–Crippen MR) is 116 cm³/mol. The molecule has 3 aromatic heterocycles. The van der Waals surface area contributed by atoms with Crippen LogP contribution in [0.3, 0.4) is 0 Å². The molecule has 8 nitrogen and oxygen atoms in total. The Labute approximate surface area is 168 Å². The first-order chi connectivity index (χ1) is 14.0. The largest absolute Gasteiger partial charge is 0.371 e. The zero-order valence-electron chi connectivity index (χ0n) is 17.0. The number of pyridine rings is 1. The number of hydrogen-bond donors (Lipinski definition) is 4. The van der Waals surface area contributed by atoms with E-state index >= 15 is 0 Å². The molecule has 3 heterocycles. The van der Waals surface area contributed by atoms with Gasteiger partial charge in [-0.3, -0.25) is 4.79 Å². The van der Waals surface area contributed by atoms with E-state index in [1.54, 1.807) is 13.4 Å². The van der Waals surface area contributed by atoms with Crippen molar-refractivity contribution in [2.24, 2.45) is 7.05 Å². The van der Waals surface area contributed by atoms with Gasteiger partial charge in [0.15, 0.2) is 5.82 Å². The van der Waals surface area contributed by atoms with Crippen LogP contribution in [0.2, 0.25) is 0 Å². The van der Waals surface area contributed by atoms with E-state index in [1.807, 2.05) is 43.8 Å². The molecule has 1 amide bonds. The summed E-state index contributed by atoms with van der Waals surface area (Å²) in [5, 5.41) is 10.0. The number of carbonyl (C=O) groups excluding carboxylic acids is 1. The van der Waals surface area contributed by atoms with Crippen molar-refractivity contribution in [2.45, 2.75) is 19.5 Å². The van der Waals surface area contributed by atoms with E-state index in [9.17, 15) is 4.79 Å². The third-order valence-electron chi connectivity index (χ3n) is 5.20. The summed E-state index contributed by atoms with van der Waals surface area (Å²) in [4.78, 5) is 24.6. The van der Waals surface area contributed by atoms with E-state index < -0.39 is 0 Å². The molecule has 4 N–H and O–H groups in total. The number of fused-ring (bicyclic) bond motifs is 3. The molecular formula is C21H25N7O. The lowest BCUT2D eigenvalue weighted by Gasteiger charge is -2.11. The Morgan fingerprint density at radius 2 is 2.10 bits per heavy atom. The smallest absolute Gasteiger partial charge is 0.237 e. The van der Waals surface area contributed by atoms with E-state index in [1.165, 1.54) is 0 Å². The maximum atomic E-state index is 12.0. The molecule has 0 unspecified atom stereocenters. The quantitative estimate of drug-likeness (QED) is 0.404. The first kappa shape index (κ1) is 18.9. The molecule has 0 bridgehead atoms. The highest BCUT2D eigenvalue weighted by Gasteiger charge is 2.15. The molecule has 0 saturated carbocycles. The van der Waals surface area contributed by atoms with E-state index in [-0.39, 0.29) is 11.9 Å². The second-order valence-electron chi connectivity index (χ2n) is 7.14. The van der Waals surface area contributed by atoms with E-state index in [0.717, 1.165) is 44.7 Å². The number of rotatable bonds is 6. The third-order valence-corrected chi connectivity index (χ3v) is 5.20. The molecule has 0 radical (unpaired) electrons. The second-order valence-corrected chi connectivity index (χ2v) is 7.14. The molecule has 29 heavy (non-hydrogen) atoms. The number of carbonyl (C=O) groups is 1. The predicted octanol–water partition coefficient (Wildman–Crippen LogP) is 2.38. The van der Waals surface area contributed by atoms with Gasteiger partial charge in [-0.15, -0.1) is 0 Å². The van der Waals surface area contributed by atoms with Gasteiger partial charge in [-0.05, 0) is 37.2 Å². The number of imidazole rings is 1. The third kappa shape index (κ3) is 3.42. The number of anilines is 1. The Morgan fingerprint density at radius 3 is 2.86 bits per heavy atom. The summed E-state index contributed by atoms with van der Waals surface area (Å²) in [6.45, 7) is 2.31. The molecule has 150 valence electrons. The number of aromatic amines is 1. The van der Waals surface area contributed by atoms with Crippen LogP contribution in [0.4, 0.5) is 5.82 Å². The van der Waals surface area contributed by atoms with Crippen molar-refractivity contribution in [3.05, 3.63) is 42.2 Å². The van der Waals surface area contributed by atoms with Crippen LogP contribution in [0.1, 0.15) is 12.5 Å². The number of aromatic nitrogens is 4. The Morgan fingerprint density at radius 1 is 1.28 bits per heavy atom. The average Bonchev–Trinajstić information content (AvgIpc) is 3.34. The Hall–Kier alpha value is -3.39. The van der Waals surface area contributed by atoms with Crippen LogP contribution in [0.5, 0.6) is 0 Å². The van der Waals surface area contributed by atoms with Crippen molar-refractivity contribution in [1.29, 1.82) is 0 Å². The fourth-order valence-corrected chi connectivity index (χ4v) is 3.45. The highest BCUT2D eigenvalue weighted by Crippen LogP contribution is 2.31. The number of likely N-dealkylation sites (N-methyl/N-ethyl adjacent to an activating group) is 1. The van der Waals surface area contributed by atoms with Gasteiger partial charge >= 0.3 is 0 Å². The minimum Gasteiger partial charge on any atom is -0.371 e. The van der Waals surface area contributed by atoms with Crippen LogP contribution in [0.15, 0.2) is 36.7 Å². The molecular weight excluding hydrogens is 366 g/mol. The summed E-state index contributed by atoms with van der Waals surface area (Å²) in [6.07, 6.45) is 1.80. The van der Waals surface area contributed by atoms with Crippen molar-refractivity contribution < 1.29 is 4.79 Å². The first-order valence-electron chi connectivity index (χ1n) is 9.57. The maximum absolute atomic E-state index is 12.0. The van der Waals surface area contributed by atoms with Crippen LogP contribution >= 0.6 is 0 Å². The van der Waals surface area contributed by atoms with Crippen LogP contribution < -0.4 is 16.0 Å². The zero-order valence-corrected chi connectivity index (χ0v) is 17.0. The fourth-order valence-electron chi connectivity index (χ4n) is 3.45. The van der Waals surface area contributed by atoms with Crippen molar-refractivity contribution in [1.82, 2.24) is 30.2 Å². The van der Waals surface area contributed by atoms with E-state index in [4.69, 9.17) is 0 Å². The van der Waals surface area contributed by atoms with Gasteiger partial charge in [-0.1, -0.05) is 18.2 Å². The topological polar surface area (TPSA) is 99.7 Å². The van der Waals surface area contributed by atoms with Gasteiger partial charge in [-0.25, -0.2) is 9.97 Å². The molecule has 0 aliphatic rings. The van der Waals surface area contributed by atoms with Crippen LogP contribution in [0, 0.1) is 0 Å². The molecule has 0 aliphatic carbocycles. The van der Waals surface area contributed by atoms with Crippen LogP contribution in [-0.2, 0) is 18.4 Å². The molecule has 4 aromatic rings. The van der Waals surface area contributed by atoms with Crippen molar-refractivity contribution in [3.63, 3.8) is 0 Å². The van der Waals surface area contributed by atoms with Crippen LogP contribution in [0.25, 0.3) is 33.3 Å². The summed E-state index contributed by atoms with van der Waals surface area (Å²) in [6, 6.07) is 10.0. The SMILES string of the molecule is CNc1nc2[nH]c(-c3cccc(CNC(=O)[C@H](C)NC)c3)cc2c2c1ncn2C.